The van der Waals surface area contributed by atoms with Gasteiger partial charge in [-0.05, 0) is 63.5 Å². The van der Waals surface area contributed by atoms with Crippen molar-refractivity contribution in [1.29, 1.82) is 0 Å². The predicted octanol–water partition coefficient (Wildman–Crippen LogP) is 3.50. The lowest BCUT2D eigenvalue weighted by Crippen LogP contribution is -2.33. The smallest absolute Gasteiger partial charge is 0.271 e. The van der Waals surface area contributed by atoms with Crippen LogP contribution in [0.15, 0.2) is 30.6 Å². The molecule has 5 nitrogen and oxygen atoms in total. The first-order chi connectivity index (χ1) is 12.6. The number of imidazole rings is 1. The van der Waals surface area contributed by atoms with Crippen molar-refractivity contribution in [2.24, 2.45) is 0 Å². The third-order valence-electron chi connectivity index (χ3n) is 4.97. The van der Waals surface area contributed by atoms with Crippen LogP contribution >= 0.6 is 11.6 Å². The topological polar surface area (TPSA) is 50.2 Å². The van der Waals surface area contributed by atoms with Crippen LogP contribution in [0.1, 0.15) is 47.4 Å². The maximum absolute atomic E-state index is 12.4. The quantitative estimate of drug-likeness (QED) is 0.754. The molecule has 1 amide bonds. The predicted molar refractivity (Wildman–Crippen MR) is 105 cm³/mol. The summed E-state index contributed by atoms with van der Waals surface area (Å²) in [6.45, 7) is 6.76. The van der Waals surface area contributed by atoms with E-state index in [1.165, 1.54) is 32.4 Å². The fourth-order valence-corrected chi connectivity index (χ4v) is 3.51. The lowest BCUT2D eigenvalue weighted by Gasteiger charge is -2.26. The molecule has 1 N–H and O–H groups in total. The summed E-state index contributed by atoms with van der Waals surface area (Å²) >= 11 is 5.93. The minimum Gasteiger partial charge on any atom is -0.351 e. The first-order valence-electron chi connectivity index (χ1n) is 9.40. The fourth-order valence-electron chi connectivity index (χ4n) is 3.38. The van der Waals surface area contributed by atoms with Gasteiger partial charge in [0.1, 0.15) is 5.69 Å². The molecule has 0 spiro atoms. The zero-order valence-electron chi connectivity index (χ0n) is 15.4. The molecule has 1 aromatic carbocycles. The SMILES string of the molecule is Cc1c(C(=O)NCCCN2CCCCC2)ncn1Cc1ccc(Cl)cc1. The van der Waals surface area contributed by atoms with Crippen LogP contribution in [0.3, 0.4) is 0 Å². The highest BCUT2D eigenvalue weighted by molar-refractivity contribution is 6.30. The van der Waals surface area contributed by atoms with E-state index in [0.717, 1.165) is 29.2 Å². The van der Waals surface area contributed by atoms with E-state index in [1.807, 2.05) is 35.8 Å². The average Bonchev–Trinajstić information content (AvgIpc) is 3.02. The van der Waals surface area contributed by atoms with Crippen LogP contribution in [0.25, 0.3) is 0 Å². The van der Waals surface area contributed by atoms with Crippen LogP contribution in [0.5, 0.6) is 0 Å². The van der Waals surface area contributed by atoms with Crippen LogP contribution in [-0.4, -0.2) is 46.5 Å². The number of amides is 1. The van der Waals surface area contributed by atoms with Crippen molar-refractivity contribution in [3.63, 3.8) is 0 Å². The Hall–Kier alpha value is -1.85. The molecule has 1 fully saturated rings. The third-order valence-corrected chi connectivity index (χ3v) is 5.22. The van der Waals surface area contributed by atoms with Crippen molar-refractivity contribution in [2.75, 3.05) is 26.2 Å². The maximum atomic E-state index is 12.4. The van der Waals surface area contributed by atoms with Gasteiger partial charge in [0.05, 0.1) is 6.33 Å². The summed E-state index contributed by atoms with van der Waals surface area (Å²) in [6, 6.07) is 7.72. The van der Waals surface area contributed by atoms with Gasteiger partial charge in [0.25, 0.3) is 5.91 Å². The molecular weight excluding hydrogens is 348 g/mol. The Morgan fingerprint density at radius 2 is 1.92 bits per heavy atom. The number of carbonyl (C=O) groups is 1. The van der Waals surface area contributed by atoms with Crippen molar-refractivity contribution >= 4 is 17.5 Å². The number of rotatable bonds is 7. The van der Waals surface area contributed by atoms with Gasteiger partial charge in [-0.3, -0.25) is 4.79 Å². The van der Waals surface area contributed by atoms with Crippen molar-refractivity contribution in [3.05, 3.63) is 52.6 Å². The van der Waals surface area contributed by atoms with Crippen molar-refractivity contribution in [1.82, 2.24) is 19.8 Å². The zero-order valence-corrected chi connectivity index (χ0v) is 16.1. The molecule has 1 aliphatic rings. The first-order valence-corrected chi connectivity index (χ1v) is 9.78. The lowest BCUT2D eigenvalue weighted by atomic mass is 10.1. The zero-order chi connectivity index (χ0) is 18.4. The summed E-state index contributed by atoms with van der Waals surface area (Å²) in [5.74, 6) is -0.0870. The highest BCUT2D eigenvalue weighted by Gasteiger charge is 2.15. The minimum atomic E-state index is -0.0870. The maximum Gasteiger partial charge on any atom is 0.271 e. The van der Waals surface area contributed by atoms with E-state index in [2.05, 4.69) is 15.2 Å². The molecule has 0 radical (unpaired) electrons. The van der Waals surface area contributed by atoms with Crippen LogP contribution in [0, 0.1) is 6.92 Å². The number of nitrogens with zero attached hydrogens (tertiary/aromatic N) is 3. The second kappa shape index (κ2) is 9.19. The summed E-state index contributed by atoms with van der Waals surface area (Å²) in [5.41, 5.74) is 2.52. The number of halogens is 1. The van der Waals surface area contributed by atoms with Crippen LogP contribution < -0.4 is 5.32 Å². The van der Waals surface area contributed by atoms with E-state index in [-0.39, 0.29) is 5.91 Å². The molecule has 1 saturated heterocycles. The molecule has 140 valence electrons. The summed E-state index contributed by atoms with van der Waals surface area (Å²) < 4.78 is 1.99. The first kappa shape index (κ1) is 18.9. The van der Waals surface area contributed by atoms with Crippen molar-refractivity contribution < 1.29 is 4.79 Å². The van der Waals surface area contributed by atoms with Gasteiger partial charge in [-0.1, -0.05) is 30.2 Å². The summed E-state index contributed by atoms with van der Waals surface area (Å²) in [7, 11) is 0. The molecule has 0 unspecified atom stereocenters. The van der Waals surface area contributed by atoms with E-state index in [9.17, 15) is 4.79 Å². The van der Waals surface area contributed by atoms with Crippen LogP contribution in [0.4, 0.5) is 0 Å². The molecule has 6 heteroatoms. The van der Waals surface area contributed by atoms with E-state index < -0.39 is 0 Å². The number of hydrogen-bond acceptors (Lipinski definition) is 3. The molecule has 1 aliphatic heterocycles. The number of likely N-dealkylation sites (tertiary alicyclic amines) is 1. The number of piperidine rings is 1. The molecule has 26 heavy (non-hydrogen) atoms. The minimum absolute atomic E-state index is 0.0870. The molecule has 2 aromatic rings. The van der Waals surface area contributed by atoms with Gasteiger partial charge in [-0.15, -0.1) is 0 Å². The van der Waals surface area contributed by atoms with Crippen molar-refractivity contribution in [3.8, 4) is 0 Å². The highest BCUT2D eigenvalue weighted by Crippen LogP contribution is 2.13. The normalized spacial score (nSPS) is 15.2. The number of hydrogen-bond donors (Lipinski definition) is 1. The Labute approximate surface area is 160 Å². The molecule has 0 saturated carbocycles. The Morgan fingerprint density at radius 3 is 2.65 bits per heavy atom. The molecule has 0 aliphatic carbocycles. The molecule has 0 bridgehead atoms. The second-order valence-corrected chi connectivity index (χ2v) is 7.38. The standard InChI is InChI=1S/C20H27ClN4O/c1-16-19(20(26)22-10-5-13-24-11-3-2-4-12-24)23-15-25(16)14-17-6-8-18(21)9-7-17/h6-9,15H,2-5,10-14H2,1H3,(H,22,26). The van der Waals surface area contributed by atoms with Gasteiger partial charge in [0, 0.05) is 23.8 Å². The highest BCUT2D eigenvalue weighted by atomic mass is 35.5. The van der Waals surface area contributed by atoms with E-state index >= 15 is 0 Å². The Kier molecular flexibility index (Phi) is 6.69. The summed E-state index contributed by atoms with van der Waals surface area (Å²) in [6.07, 6.45) is 6.67. The molecule has 1 aromatic heterocycles. The van der Waals surface area contributed by atoms with Crippen LogP contribution in [-0.2, 0) is 6.54 Å². The van der Waals surface area contributed by atoms with Crippen LogP contribution in [0.2, 0.25) is 5.02 Å². The number of benzene rings is 1. The number of nitrogens with one attached hydrogen (secondary N) is 1. The third kappa shape index (κ3) is 5.08. The lowest BCUT2D eigenvalue weighted by molar-refractivity contribution is 0.0946. The largest absolute Gasteiger partial charge is 0.351 e. The van der Waals surface area contributed by atoms with E-state index in [4.69, 9.17) is 11.6 Å². The van der Waals surface area contributed by atoms with E-state index in [1.54, 1.807) is 6.33 Å². The molecular formula is C20H27ClN4O. The van der Waals surface area contributed by atoms with Crippen molar-refractivity contribution in [2.45, 2.75) is 39.2 Å². The van der Waals surface area contributed by atoms with Gasteiger partial charge in [0.2, 0.25) is 0 Å². The monoisotopic (exact) mass is 374 g/mol. The van der Waals surface area contributed by atoms with Gasteiger partial charge in [-0.25, -0.2) is 4.98 Å². The Balaban J connectivity index is 1.48. The van der Waals surface area contributed by atoms with E-state index in [0.29, 0.717) is 18.8 Å². The Morgan fingerprint density at radius 1 is 1.19 bits per heavy atom. The molecule has 2 heterocycles. The molecule has 3 rings (SSSR count). The van der Waals surface area contributed by atoms with Gasteiger partial charge >= 0.3 is 0 Å². The fraction of sp³-hybridized carbons (Fsp3) is 0.500. The van der Waals surface area contributed by atoms with Gasteiger partial charge in [0.15, 0.2) is 0 Å². The molecule has 0 atom stereocenters. The number of aromatic nitrogens is 2. The van der Waals surface area contributed by atoms with Gasteiger partial charge < -0.3 is 14.8 Å². The summed E-state index contributed by atoms with van der Waals surface area (Å²) in [4.78, 5) is 19.2. The Bertz CT molecular complexity index is 720. The number of carbonyl (C=O) groups excluding carboxylic acids is 1. The average molecular weight is 375 g/mol. The second-order valence-electron chi connectivity index (χ2n) is 6.94. The van der Waals surface area contributed by atoms with Gasteiger partial charge in [-0.2, -0.15) is 0 Å². The summed E-state index contributed by atoms with van der Waals surface area (Å²) in [5, 5.41) is 3.73.